The first kappa shape index (κ1) is 17.1. The van der Waals surface area contributed by atoms with Crippen molar-refractivity contribution in [2.45, 2.75) is 6.54 Å². The number of nitrogens with one attached hydrogen (secondary N) is 2. The summed E-state index contributed by atoms with van der Waals surface area (Å²) < 4.78 is 0. The van der Waals surface area contributed by atoms with Crippen molar-refractivity contribution in [2.75, 3.05) is 5.32 Å². The van der Waals surface area contributed by atoms with Gasteiger partial charge in [0.25, 0.3) is 11.8 Å². The second kappa shape index (κ2) is 7.87. The Morgan fingerprint density at radius 3 is 2.40 bits per heavy atom. The summed E-state index contributed by atoms with van der Waals surface area (Å²) in [5, 5.41) is 13.8. The molecule has 0 aliphatic heterocycles. The smallest absolute Gasteiger partial charge is 0.286 e. The number of hydrogen-bond acceptors (Lipinski definition) is 5. The first-order valence-electron chi connectivity index (χ1n) is 7.34. The van der Waals surface area contributed by atoms with Crippen LogP contribution in [0.3, 0.4) is 0 Å². The highest BCUT2D eigenvalue weighted by atomic mass is 35.5. The third-order valence-corrected chi connectivity index (χ3v) is 4.34. The van der Waals surface area contributed by atoms with E-state index in [1.165, 1.54) is 0 Å². The van der Waals surface area contributed by atoms with Crippen LogP contribution < -0.4 is 10.6 Å². The lowest BCUT2D eigenvalue weighted by atomic mass is 10.2. The number of amides is 2. The largest absolute Gasteiger partial charge is 0.346 e. The van der Waals surface area contributed by atoms with Gasteiger partial charge in [-0.15, -0.1) is 10.2 Å². The van der Waals surface area contributed by atoms with E-state index in [-0.39, 0.29) is 10.0 Å². The predicted octanol–water partition coefficient (Wildman–Crippen LogP) is 3.37. The number of anilines is 1. The maximum absolute atomic E-state index is 12.1. The molecule has 3 rings (SSSR count). The Hall–Kier alpha value is -2.77. The van der Waals surface area contributed by atoms with Gasteiger partial charge in [-0.25, -0.2) is 0 Å². The first-order chi connectivity index (χ1) is 12.1. The molecule has 25 heavy (non-hydrogen) atoms. The average Bonchev–Trinajstić information content (AvgIpc) is 3.11. The normalized spacial score (nSPS) is 10.3. The monoisotopic (exact) mass is 372 g/mol. The fraction of sp³-hybridized carbons (Fsp3) is 0.0588. The van der Waals surface area contributed by atoms with Gasteiger partial charge >= 0.3 is 0 Å². The predicted molar refractivity (Wildman–Crippen MR) is 96.9 cm³/mol. The van der Waals surface area contributed by atoms with Crippen LogP contribution in [0.4, 0.5) is 5.69 Å². The average molecular weight is 373 g/mol. The minimum atomic E-state index is -0.405. The molecule has 0 aliphatic rings. The van der Waals surface area contributed by atoms with E-state index in [0.717, 1.165) is 16.9 Å². The standard InChI is InChI=1S/C17H13ClN4O2S/c18-12-6-4-5-11(9-12)10-19-14(23)16-21-22-17(25-16)15(24)20-13-7-2-1-3-8-13/h1-9H,10H2,(H,19,23)(H,20,24). The summed E-state index contributed by atoms with van der Waals surface area (Å²) in [7, 11) is 0. The molecular weight excluding hydrogens is 360 g/mol. The zero-order valence-corrected chi connectivity index (χ0v) is 14.5. The Morgan fingerprint density at radius 1 is 0.960 bits per heavy atom. The molecule has 3 aromatic rings. The first-order valence-corrected chi connectivity index (χ1v) is 8.54. The Morgan fingerprint density at radius 2 is 1.68 bits per heavy atom. The number of para-hydroxylation sites is 1. The van der Waals surface area contributed by atoms with E-state index < -0.39 is 11.8 Å². The number of carbonyl (C=O) groups is 2. The van der Waals surface area contributed by atoms with Gasteiger partial charge in [-0.3, -0.25) is 9.59 Å². The Bertz CT molecular complexity index is 898. The van der Waals surface area contributed by atoms with E-state index in [0.29, 0.717) is 17.3 Å². The number of rotatable bonds is 5. The maximum atomic E-state index is 12.1. The number of carbonyl (C=O) groups excluding carboxylic acids is 2. The van der Waals surface area contributed by atoms with E-state index in [1.54, 1.807) is 30.3 Å². The number of halogens is 1. The molecule has 0 saturated heterocycles. The molecule has 0 unspecified atom stereocenters. The molecule has 6 nitrogen and oxygen atoms in total. The molecule has 8 heteroatoms. The summed E-state index contributed by atoms with van der Waals surface area (Å²) in [5.74, 6) is -0.797. The molecule has 0 atom stereocenters. The molecule has 1 aromatic heterocycles. The molecule has 0 saturated carbocycles. The molecule has 126 valence electrons. The zero-order chi connectivity index (χ0) is 17.6. The quantitative estimate of drug-likeness (QED) is 0.719. The van der Waals surface area contributed by atoms with Crippen molar-refractivity contribution in [2.24, 2.45) is 0 Å². The molecule has 0 spiro atoms. The zero-order valence-electron chi connectivity index (χ0n) is 12.9. The molecule has 0 fully saturated rings. The van der Waals surface area contributed by atoms with Gasteiger partial charge in [0.2, 0.25) is 10.0 Å². The number of nitrogens with zero attached hydrogens (tertiary/aromatic N) is 2. The Kier molecular flexibility index (Phi) is 5.37. The minimum Gasteiger partial charge on any atom is -0.346 e. The van der Waals surface area contributed by atoms with Gasteiger partial charge in [0.15, 0.2) is 0 Å². The summed E-state index contributed by atoms with van der Waals surface area (Å²) in [4.78, 5) is 24.2. The van der Waals surface area contributed by atoms with Crippen molar-refractivity contribution < 1.29 is 9.59 Å². The van der Waals surface area contributed by atoms with Gasteiger partial charge in [-0.2, -0.15) is 0 Å². The molecule has 1 heterocycles. The van der Waals surface area contributed by atoms with Crippen LogP contribution in [0.1, 0.15) is 25.2 Å². The van der Waals surface area contributed by atoms with Crippen LogP contribution in [-0.2, 0) is 6.54 Å². The Labute approximate surface area is 152 Å². The van der Waals surface area contributed by atoms with Gasteiger partial charge in [-0.05, 0) is 29.8 Å². The van der Waals surface area contributed by atoms with Crippen molar-refractivity contribution in [3.63, 3.8) is 0 Å². The fourth-order valence-electron chi connectivity index (χ4n) is 2.02. The van der Waals surface area contributed by atoms with Gasteiger partial charge in [-0.1, -0.05) is 53.3 Å². The molecule has 0 bridgehead atoms. The third-order valence-electron chi connectivity index (χ3n) is 3.19. The van der Waals surface area contributed by atoms with E-state index in [4.69, 9.17) is 11.6 Å². The summed E-state index contributed by atoms with van der Waals surface area (Å²) in [6.07, 6.45) is 0. The van der Waals surface area contributed by atoms with E-state index in [2.05, 4.69) is 20.8 Å². The van der Waals surface area contributed by atoms with Crippen LogP contribution in [0.2, 0.25) is 5.02 Å². The van der Waals surface area contributed by atoms with Crippen LogP contribution in [0.25, 0.3) is 0 Å². The van der Waals surface area contributed by atoms with Crippen molar-refractivity contribution in [1.82, 2.24) is 15.5 Å². The lowest BCUT2D eigenvalue weighted by Crippen LogP contribution is -2.22. The summed E-state index contributed by atoms with van der Waals surface area (Å²) in [6, 6.07) is 16.2. The van der Waals surface area contributed by atoms with Crippen LogP contribution in [0.15, 0.2) is 54.6 Å². The SMILES string of the molecule is O=C(NCc1cccc(Cl)c1)c1nnc(C(=O)Nc2ccccc2)s1. The van der Waals surface area contributed by atoms with Gasteiger partial charge in [0.05, 0.1) is 0 Å². The van der Waals surface area contributed by atoms with Gasteiger partial charge in [0.1, 0.15) is 0 Å². The van der Waals surface area contributed by atoms with Crippen LogP contribution >= 0.6 is 22.9 Å². The van der Waals surface area contributed by atoms with Crippen LogP contribution in [-0.4, -0.2) is 22.0 Å². The topological polar surface area (TPSA) is 84.0 Å². The van der Waals surface area contributed by atoms with E-state index >= 15 is 0 Å². The second-order valence-corrected chi connectivity index (χ2v) is 6.46. The number of benzene rings is 2. The van der Waals surface area contributed by atoms with Crippen LogP contribution in [0, 0.1) is 0 Å². The molecule has 2 N–H and O–H groups in total. The lowest BCUT2D eigenvalue weighted by molar-refractivity contribution is 0.0948. The molecular formula is C17H13ClN4O2S. The van der Waals surface area contributed by atoms with E-state index in [9.17, 15) is 9.59 Å². The maximum Gasteiger partial charge on any atom is 0.286 e. The minimum absolute atomic E-state index is 0.122. The summed E-state index contributed by atoms with van der Waals surface area (Å²) in [5.41, 5.74) is 1.52. The number of hydrogen-bond donors (Lipinski definition) is 2. The fourth-order valence-corrected chi connectivity index (χ4v) is 2.89. The van der Waals surface area contributed by atoms with Crippen molar-refractivity contribution in [1.29, 1.82) is 0 Å². The lowest BCUT2D eigenvalue weighted by Gasteiger charge is -2.03. The highest BCUT2D eigenvalue weighted by Gasteiger charge is 2.17. The van der Waals surface area contributed by atoms with Crippen molar-refractivity contribution in [3.05, 3.63) is 75.2 Å². The number of aromatic nitrogens is 2. The highest BCUT2D eigenvalue weighted by molar-refractivity contribution is 7.15. The molecule has 0 aliphatic carbocycles. The summed E-state index contributed by atoms with van der Waals surface area (Å²) in [6.45, 7) is 0.310. The highest BCUT2D eigenvalue weighted by Crippen LogP contribution is 2.14. The second-order valence-electron chi connectivity index (χ2n) is 5.05. The van der Waals surface area contributed by atoms with Crippen molar-refractivity contribution >= 4 is 40.4 Å². The van der Waals surface area contributed by atoms with Crippen LogP contribution in [0.5, 0.6) is 0 Å². The Balaban J connectivity index is 1.60. The van der Waals surface area contributed by atoms with E-state index in [1.807, 2.05) is 24.3 Å². The third kappa shape index (κ3) is 4.62. The van der Waals surface area contributed by atoms with Gasteiger partial charge < -0.3 is 10.6 Å². The van der Waals surface area contributed by atoms with Crippen molar-refractivity contribution in [3.8, 4) is 0 Å². The summed E-state index contributed by atoms with van der Waals surface area (Å²) >= 11 is 6.84. The molecule has 2 amide bonds. The van der Waals surface area contributed by atoms with Gasteiger partial charge in [0, 0.05) is 17.3 Å². The molecule has 2 aromatic carbocycles. The molecule has 0 radical (unpaired) electrons.